The Morgan fingerprint density at radius 1 is 1.04 bits per heavy atom. The predicted octanol–water partition coefficient (Wildman–Crippen LogP) is 4.13. The molecule has 3 heterocycles. The molecule has 3 aromatic heterocycles. The van der Waals surface area contributed by atoms with Gasteiger partial charge < -0.3 is 4.57 Å². The van der Waals surface area contributed by atoms with Gasteiger partial charge in [0.1, 0.15) is 6.33 Å². The second-order valence-electron chi connectivity index (χ2n) is 6.22. The van der Waals surface area contributed by atoms with Crippen LogP contribution >= 0.6 is 27.7 Å². The number of rotatable bonds is 4. The lowest BCUT2D eigenvalue weighted by Crippen LogP contribution is -1.95. The van der Waals surface area contributed by atoms with Crippen LogP contribution in [-0.2, 0) is 12.8 Å². The summed E-state index contributed by atoms with van der Waals surface area (Å²) >= 11 is 5.02. The van der Waals surface area contributed by atoms with E-state index in [9.17, 15) is 0 Å². The molecular weight excluding hydrogens is 438 g/mol. The topological polar surface area (TPSA) is 73.8 Å². The summed E-state index contributed by atoms with van der Waals surface area (Å²) in [6.45, 7) is 0. The van der Waals surface area contributed by atoms with Crippen molar-refractivity contribution in [1.29, 1.82) is 0 Å². The predicted molar refractivity (Wildman–Crippen MR) is 112 cm³/mol. The number of halogens is 1. The number of hydrogen-bond acceptors (Lipinski definition) is 6. The molecule has 138 valence electrons. The summed E-state index contributed by atoms with van der Waals surface area (Å²) in [7, 11) is 1.97. The zero-order valence-corrected chi connectivity index (χ0v) is 17.2. The SMILES string of the molecule is Cn1c(SCc2nc3c4ccccc4ncn3n2)nnc1-c1ccc(Br)cc1. The van der Waals surface area contributed by atoms with E-state index >= 15 is 0 Å². The molecule has 5 aromatic rings. The highest BCUT2D eigenvalue weighted by atomic mass is 79.9. The molecule has 0 radical (unpaired) electrons. The van der Waals surface area contributed by atoms with Crippen LogP contribution in [0.25, 0.3) is 27.9 Å². The van der Waals surface area contributed by atoms with Crippen LogP contribution in [0.5, 0.6) is 0 Å². The van der Waals surface area contributed by atoms with Gasteiger partial charge in [-0.05, 0) is 24.3 Å². The maximum atomic E-state index is 4.69. The van der Waals surface area contributed by atoms with E-state index < -0.39 is 0 Å². The molecule has 0 atom stereocenters. The molecule has 0 aliphatic heterocycles. The van der Waals surface area contributed by atoms with Gasteiger partial charge in [-0.25, -0.2) is 14.5 Å². The number of benzene rings is 2. The number of hydrogen-bond donors (Lipinski definition) is 0. The van der Waals surface area contributed by atoms with E-state index in [2.05, 4.69) is 41.2 Å². The fourth-order valence-electron chi connectivity index (χ4n) is 3.01. The van der Waals surface area contributed by atoms with Gasteiger partial charge in [0, 0.05) is 22.5 Å². The Bertz CT molecular complexity index is 1290. The minimum absolute atomic E-state index is 0.600. The van der Waals surface area contributed by atoms with Crippen LogP contribution in [0.3, 0.4) is 0 Å². The third-order valence-electron chi connectivity index (χ3n) is 4.39. The van der Waals surface area contributed by atoms with Crippen molar-refractivity contribution < 1.29 is 0 Å². The van der Waals surface area contributed by atoms with E-state index in [1.807, 2.05) is 60.1 Å². The first kappa shape index (κ1) is 17.3. The van der Waals surface area contributed by atoms with Crippen molar-refractivity contribution in [3.05, 3.63) is 65.2 Å². The summed E-state index contributed by atoms with van der Waals surface area (Å²) in [5, 5.41) is 15.0. The Morgan fingerprint density at radius 3 is 2.71 bits per heavy atom. The molecule has 28 heavy (non-hydrogen) atoms. The average Bonchev–Trinajstić information content (AvgIpc) is 3.30. The standard InChI is InChI=1S/C19H14BrN7S/c1-26-17(12-6-8-13(20)9-7-12)23-24-19(26)28-10-16-22-18-14-4-2-3-5-15(14)21-11-27(18)25-16/h2-9,11H,10H2,1H3. The van der Waals surface area contributed by atoms with E-state index in [0.29, 0.717) is 5.75 Å². The summed E-state index contributed by atoms with van der Waals surface area (Å²) in [5.41, 5.74) is 2.75. The van der Waals surface area contributed by atoms with Crippen molar-refractivity contribution in [3.63, 3.8) is 0 Å². The fraction of sp³-hybridized carbons (Fsp3) is 0.105. The molecule has 0 fully saturated rings. The Hall–Kier alpha value is -2.78. The van der Waals surface area contributed by atoms with Crippen LogP contribution in [0.2, 0.25) is 0 Å². The smallest absolute Gasteiger partial charge is 0.191 e. The van der Waals surface area contributed by atoms with Crippen molar-refractivity contribution in [3.8, 4) is 11.4 Å². The number of aromatic nitrogens is 7. The lowest BCUT2D eigenvalue weighted by atomic mass is 10.2. The van der Waals surface area contributed by atoms with Crippen molar-refractivity contribution >= 4 is 44.2 Å². The quantitative estimate of drug-likeness (QED) is 0.382. The van der Waals surface area contributed by atoms with Gasteiger partial charge in [-0.2, -0.15) is 0 Å². The van der Waals surface area contributed by atoms with Gasteiger partial charge in [0.25, 0.3) is 0 Å². The van der Waals surface area contributed by atoms with Crippen LogP contribution in [-0.4, -0.2) is 34.3 Å². The van der Waals surface area contributed by atoms with Crippen LogP contribution in [0.1, 0.15) is 5.82 Å². The molecule has 5 rings (SSSR count). The molecule has 0 amide bonds. The summed E-state index contributed by atoms with van der Waals surface area (Å²) in [6, 6.07) is 16.0. The molecule has 0 N–H and O–H groups in total. The molecular formula is C19H14BrN7S. The normalized spacial score (nSPS) is 11.5. The first-order valence-corrected chi connectivity index (χ1v) is 10.3. The van der Waals surface area contributed by atoms with E-state index in [-0.39, 0.29) is 0 Å². The van der Waals surface area contributed by atoms with Crippen LogP contribution < -0.4 is 0 Å². The third kappa shape index (κ3) is 3.06. The van der Waals surface area contributed by atoms with Gasteiger partial charge in [0.2, 0.25) is 0 Å². The molecule has 0 spiro atoms. The number of thioether (sulfide) groups is 1. The maximum absolute atomic E-state index is 4.69. The van der Waals surface area contributed by atoms with E-state index in [4.69, 9.17) is 0 Å². The summed E-state index contributed by atoms with van der Waals surface area (Å²) in [4.78, 5) is 9.11. The van der Waals surface area contributed by atoms with Crippen LogP contribution in [0, 0.1) is 0 Å². The van der Waals surface area contributed by atoms with Crippen molar-refractivity contribution in [2.24, 2.45) is 7.05 Å². The van der Waals surface area contributed by atoms with Crippen LogP contribution in [0.15, 0.2) is 64.5 Å². The molecule has 0 unspecified atom stereocenters. The highest BCUT2D eigenvalue weighted by Gasteiger charge is 2.13. The first-order chi connectivity index (χ1) is 13.7. The van der Waals surface area contributed by atoms with Crippen LogP contribution in [0.4, 0.5) is 0 Å². The van der Waals surface area contributed by atoms with Gasteiger partial charge in [0.05, 0.1) is 11.3 Å². The molecule has 0 saturated carbocycles. The third-order valence-corrected chi connectivity index (χ3v) is 5.94. The summed E-state index contributed by atoms with van der Waals surface area (Å²) in [6.07, 6.45) is 1.70. The fourth-order valence-corrected chi connectivity index (χ4v) is 4.03. The Kier molecular flexibility index (Phi) is 4.33. The second-order valence-corrected chi connectivity index (χ2v) is 8.08. The molecule has 0 aliphatic rings. The van der Waals surface area contributed by atoms with E-state index in [1.165, 1.54) is 0 Å². The van der Waals surface area contributed by atoms with Crippen molar-refractivity contribution in [2.75, 3.05) is 0 Å². The Labute approximate surface area is 173 Å². The number of nitrogens with zero attached hydrogens (tertiary/aromatic N) is 7. The van der Waals surface area contributed by atoms with Gasteiger partial charge in [-0.1, -0.05) is 52.0 Å². The van der Waals surface area contributed by atoms with E-state index in [1.54, 1.807) is 22.6 Å². The first-order valence-electron chi connectivity index (χ1n) is 8.56. The summed E-state index contributed by atoms with van der Waals surface area (Å²) < 4.78 is 4.75. The highest BCUT2D eigenvalue weighted by Crippen LogP contribution is 2.26. The van der Waals surface area contributed by atoms with Crippen molar-refractivity contribution in [1.82, 2.24) is 34.3 Å². The van der Waals surface area contributed by atoms with Gasteiger partial charge in [0.15, 0.2) is 22.5 Å². The molecule has 2 aromatic carbocycles. The number of fused-ring (bicyclic) bond motifs is 3. The van der Waals surface area contributed by atoms with Crippen molar-refractivity contribution in [2.45, 2.75) is 10.9 Å². The van der Waals surface area contributed by atoms with Gasteiger partial charge >= 0.3 is 0 Å². The minimum Gasteiger partial charge on any atom is -0.305 e. The summed E-state index contributed by atoms with van der Waals surface area (Å²) in [5.74, 6) is 2.16. The molecule has 9 heteroatoms. The lowest BCUT2D eigenvalue weighted by molar-refractivity contribution is 0.792. The minimum atomic E-state index is 0.600. The maximum Gasteiger partial charge on any atom is 0.191 e. The van der Waals surface area contributed by atoms with E-state index in [0.717, 1.165) is 43.4 Å². The largest absolute Gasteiger partial charge is 0.305 e. The van der Waals surface area contributed by atoms with Gasteiger partial charge in [-0.15, -0.1) is 15.3 Å². The number of para-hydroxylation sites is 1. The average molecular weight is 452 g/mol. The zero-order valence-electron chi connectivity index (χ0n) is 14.8. The zero-order chi connectivity index (χ0) is 19.1. The molecule has 7 nitrogen and oxygen atoms in total. The Morgan fingerprint density at radius 2 is 1.86 bits per heavy atom. The van der Waals surface area contributed by atoms with Gasteiger partial charge in [-0.3, -0.25) is 0 Å². The monoisotopic (exact) mass is 451 g/mol. The molecule has 0 saturated heterocycles. The Balaban J connectivity index is 1.41. The lowest BCUT2D eigenvalue weighted by Gasteiger charge is -2.03. The molecule has 0 aliphatic carbocycles. The highest BCUT2D eigenvalue weighted by molar-refractivity contribution is 9.10. The second kappa shape index (κ2) is 6.99. The molecule has 0 bridgehead atoms.